The normalized spacial score (nSPS) is 19.9. The molecule has 3 rings (SSSR count). The van der Waals surface area contributed by atoms with E-state index in [4.69, 9.17) is 0 Å². The van der Waals surface area contributed by atoms with Crippen LogP contribution in [0.15, 0.2) is 71.6 Å². The summed E-state index contributed by atoms with van der Waals surface area (Å²) < 4.78 is 0. The zero-order valence-corrected chi connectivity index (χ0v) is 14.6. The lowest BCUT2D eigenvalue weighted by molar-refractivity contribution is 0.340. The van der Waals surface area contributed by atoms with E-state index in [-0.39, 0.29) is 0 Å². The Morgan fingerprint density at radius 2 is 2.08 bits per heavy atom. The van der Waals surface area contributed by atoms with E-state index >= 15 is 0 Å². The van der Waals surface area contributed by atoms with Crippen LogP contribution in [-0.2, 0) is 6.54 Å². The van der Waals surface area contributed by atoms with Crippen LogP contribution in [0.5, 0.6) is 0 Å². The van der Waals surface area contributed by atoms with Crippen molar-refractivity contribution in [1.82, 2.24) is 10.2 Å². The van der Waals surface area contributed by atoms with E-state index in [1.54, 1.807) is 0 Å². The standard InChI is InChI=1S/C21H27N3/c1-16-12-20(23-14-16)13-17(2)24-11-7-10-21(24)18(3)22-15-19-8-5-4-6-9-19/h4-6,8-9,14,21-22H,2-3,7,10-13,15H2,1H3. The van der Waals surface area contributed by atoms with Gasteiger partial charge in [-0.05, 0) is 30.9 Å². The molecule has 2 aliphatic rings. The first-order valence-corrected chi connectivity index (χ1v) is 8.75. The van der Waals surface area contributed by atoms with Gasteiger partial charge in [-0.3, -0.25) is 4.99 Å². The summed E-state index contributed by atoms with van der Waals surface area (Å²) in [5.74, 6) is 0. The maximum absolute atomic E-state index is 4.50. The largest absolute Gasteiger partial charge is 0.383 e. The average Bonchev–Trinajstić information content (AvgIpc) is 3.22. The molecule has 1 atom stereocenters. The molecule has 2 heterocycles. The predicted molar refractivity (Wildman–Crippen MR) is 102 cm³/mol. The zero-order chi connectivity index (χ0) is 16.9. The minimum Gasteiger partial charge on any atom is -0.383 e. The molecular formula is C21H27N3. The first kappa shape index (κ1) is 16.6. The van der Waals surface area contributed by atoms with Gasteiger partial charge in [-0.1, -0.05) is 43.5 Å². The fraction of sp³-hybridized carbons (Fsp3) is 0.381. The van der Waals surface area contributed by atoms with E-state index in [9.17, 15) is 0 Å². The third-order valence-corrected chi connectivity index (χ3v) is 4.78. The molecule has 0 amide bonds. The number of nitrogens with zero attached hydrogens (tertiary/aromatic N) is 2. The topological polar surface area (TPSA) is 27.6 Å². The van der Waals surface area contributed by atoms with Crippen molar-refractivity contribution in [1.29, 1.82) is 0 Å². The summed E-state index contributed by atoms with van der Waals surface area (Å²) in [6.45, 7) is 12.6. The number of aliphatic imine (C=N–C) groups is 1. The van der Waals surface area contributed by atoms with Crippen LogP contribution < -0.4 is 5.32 Å². The fourth-order valence-corrected chi connectivity index (χ4v) is 3.50. The summed E-state index contributed by atoms with van der Waals surface area (Å²) in [5, 5.41) is 3.51. The Morgan fingerprint density at radius 1 is 1.29 bits per heavy atom. The lowest BCUT2D eigenvalue weighted by atomic mass is 10.1. The maximum atomic E-state index is 4.50. The minimum atomic E-state index is 0.345. The van der Waals surface area contributed by atoms with Crippen LogP contribution in [-0.4, -0.2) is 23.2 Å². The van der Waals surface area contributed by atoms with E-state index in [1.165, 1.54) is 29.0 Å². The number of allylic oxidation sites excluding steroid dienone is 2. The summed E-state index contributed by atoms with van der Waals surface area (Å²) in [6, 6.07) is 10.8. The molecule has 0 aliphatic carbocycles. The zero-order valence-electron chi connectivity index (χ0n) is 14.6. The highest BCUT2D eigenvalue weighted by Crippen LogP contribution is 2.28. The van der Waals surface area contributed by atoms with Gasteiger partial charge in [-0.2, -0.15) is 0 Å². The predicted octanol–water partition coefficient (Wildman–Crippen LogP) is 4.41. The lowest BCUT2D eigenvalue weighted by Gasteiger charge is -2.30. The highest BCUT2D eigenvalue weighted by molar-refractivity contribution is 5.90. The van der Waals surface area contributed by atoms with E-state index < -0.39 is 0 Å². The third-order valence-electron chi connectivity index (χ3n) is 4.78. The van der Waals surface area contributed by atoms with Crippen molar-refractivity contribution in [3.8, 4) is 0 Å². The summed E-state index contributed by atoms with van der Waals surface area (Å²) in [6.07, 6.45) is 6.17. The van der Waals surface area contributed by atoms with Gasteiger partial charge in [0.15, 0.2) is 0 Å². The van der Waals surface area contributed by atoms with Gasteiger partial charge in [0.05, 0.1) is 6.04 Å². The molecule has 1 fully saturated rings. The molecular weight excluding hydrogens is 294 g/mol. The quantitative estimate of drug-likeness (QED) is 0.805. The molecule has 3 heteroatoms. The van der Waals surface area contributed by atoms with Gasteiger partial charge in [-0.25, -0.2) is 0 Å². The van der Waals surface area contributed by atoms with Gasteiger partial charge in [0, 0.05) is 49.2 Å². The Hall–Kier alpha value is -2.29. The van der Waals surface area contributed by atoms with Crippen molar-refractivity contribution in [2.45, 2.75) is 45.2 Å². The monoisotopic (exact) mass is 321 g/mol. The molecule has 126 valence electrons. The second-order valence-electron chi connectivity index (χ2n) is 6.81. The van der Waals surface area contributed by atoms with Gasteiger partial charge in [0.1, 0.15) is 0 Å². The van der Waals surface area contributed by atoms with Crippen molar-refractivity contribution < 1.29 is 0 Å². The molecule has 0 radical (unpaired) electrons. The summed E-state index contributed by atoms with van der Waals surface area (Å²) in [7, 11) is 0. The van der Waals surface area contributed by atoms with Gasteiger partial charge >= 0.3 is 0 Å². The van der Waals surface area contributed by atoms with Crippen LogP contribution >= 0.6 is 0 Å². The first-order valence-electron chi connectivity index (χ1n) is 8.75. The third kappa shape index (κ3) is 3.97. The second-order valence-corrected chi connectivity index (χ2v) is 6.81. The van der Waals surface area contributed by atoms with E-state index in [0.717, 1.165) is 38.0 Å². The maximum Gasteiger partial charge on any atom is 0.0680 e. The van der Waals surface area contributed by atoms with Crippen LogP contribution in [0.4, 0.5) is 0 Å². The van der Waals surface area contributed by atoms with Crippen LogP contribution in [0.2, 0.25) is 0 Å². The van der Waals surface area contributed by atoms with Crippen LogP contribution in [0.3, 0.4) is 0 Å². The molecule has 2 aliphatic heterocycles. The smallest absolute Gasteiger partial charge is 0.0680 e. The molecule has 1 aromatic carbocycles. The van der Waals surface area contributed by atoms with E-state index in [1.807, 2.05) is 12.3 Å². The summed E-state index contributed by atoms with van der Waals surface area (Å²) in [5.41, 5.74) is 6.11. The van der Waals surface area contributed by atoms with Crippen molar-refractivity contribution in [2.24, 2.45) is 4.99 Å². The SMILES string of the molecule is C=C(NCc1ccccc1)C1CCCN1C(=C)CC1=NC=C(C)C1. The fourth-order valence-electron chi connectivity index (χ4n) is 3.50. The molecule has 1 saturated heterocycles. The Morgan fingerprint density at radius 3 is 2.79 bits per heavy atom. The Balaban J connectivity index is 1.54. The van der Waals surface area contributed by atoms with Crippen molar-refractivity contribution in [3.63, 3.8) is 0 Å². The average molecular weight is 321 g/mol. The Kier molecular flexibility index (Phi) is 5.19. The van der Waals surface area contributed by atoms with Crippen LogP contribution in [0.25, 0.3) is 0 Å². The molecule has 0 spiro atoms. The highest BCUT2D eigenvalue weighted by atomic mass is 15.2. The van der Waals surface area contributed by atoms with Gasteiger partial charge in [0.2, 0.25) is 0 Å². The highest BCUT2D eigenvalue weighted by Gasteiger charge is 2.28. The minimum absolute atomic E-state index is 0.345. The number of nitrogens with one attached hydrogen (secondary N) is 1. The second kappa shape index (κ2) is 7.52. The van der Waals surface area contributed by atoms with Crippen LogP contribution in [0.1, 0.15) is 38.2 Å². The number of hydrogen-bond donors (Lipinski definition) is 1. The lowest BCUT2D eigenvalue weighted by Crippen LogP contribution is -2.35. The van der Waals surface area contributed by atoms with Crippen LogP contribution in [0, 0.1) is 0 Å². The molecule has 24 heavy (non-hydrogen) atoms. The molecule has 1 aromatic rings. The van der Waals surface area contributed by atoms with Gasteiger partial charge in [-0.15, -0.1) is 0 Å². The Labute approximate surface area is 145 Å². The molecule has 0 saturated carbocycles. The van der Waals surface area contributed by atoms with E-state index in [0.29, 0.717) is 6.04 Å². The van der Waals surface area contributed by atoms with Gasteiger partial charge in [0.25, 0.3) is 0 Å². The molecule has 1 unspecified atom stereocenters. The van der Waals surface area contributed by atoms with Crippen molar-refractivity contribution in [2.75, 3.05) is 6.54 Å². The summed E-state index contributed by atoms with van der Waals surface area (Å²) in [4.78, 5) is 6.92. The number of likely N-dealkylation sites (tertiary alicyclic amines) is 1. The van der Waals surface area contributed by atoms with E-state index in [2.05, 4.69) is 59.6 Å². The first-order chi connectivity index (χ1) is 11.6. The number of rotatable bonds is 7. The van der Waals surface area contributed by atoms with Crippen molar-refractivity contribution >= 4 is 5.71 Å². The Bertz CT molecular complexity index is 670. The molecule has 1 N–H and O–H groups in total. The van der Waals surface area contributed by atoms with Gasteiger partial charge < -0.3 is 10.2 Å². The van der Waals surface area contributed by atoms with Crippen molar-refractivity contribution in [3.05, 3.63) is 72.2 Å². The summed E-state index contributed by atoms with van der Waals surface area (Å²) >= 11 is 0. The molecule has 3 nitrogen and oxygen atoms in total. The molecule has 0 bridgehead atoms. The molecule has 0 aromatic heterocycles. The number of benzene rings is 1. The number of hydrogen-bond acceptors (Lipinski definition) is 3.